The van der Waals surface area contributed by atoms with E-state index in [1.54, 1.807) is 0 Å². The average molecular weight is 515 g/mol. The van der Waals surface area contributed by atoms with Crippen molar-refractivity contribution in [2.24, 2.45) is 0 Å². The highest BCUT2D eigenvalue weighted by atomic mass is 16.5. The van der Waals surface area contributed by atoms with Gasteiger partial charge in [0.2, 0.25) is 0 Å². The number of carbonyl (C=O) groups is 1. The van der Waals surface area contributed by atoms with Gasteiger partial charge in [-0.1, -0.05) is 11.3 Å². The topological polar surface area (TPSA) is 103 Å². The lowest BCUT2D eigenvalue weighted by molar-refractivity contribution is -0.104. The molecule has 2 atom stereocenters. The van der Waals surface area contributed by atoms with Crippen molar-refractivity contribution >= 4 is 22.9 Å². The lowest BCUT2D eigenvalue weighted by Crippen LogP contribution is -2.36. The van der Waals surface area contributed by atoms with E-state index < -0.39 is 0 Å². The monoisotopic (exact) mass is 514 g/mol. The molecule has 0 amide bonds. The smallest absolute Gasteiger partial charge is 0.151 e. The number of rotatable bonds is 6. The Hall–Kier alpha value is -3.96. The number of fused-ring (bicyclic) bond motifs is 2. The number of aldehydes is 1. The van der Waals surface area contributed by atoms with Gasteiger partial charge in [-0.25, -0.2) is 9.36 Å². The minimum Gasteiger partial charge on any atom is -0.378 e. The van der Waals surface area contributed by atoms with Crippen LogP contribution in [0.25, 0.3) is 22.2 Å². The molecule has 4 aliphatic rings. The Morgan fingerprint density at radius 2 is 2.05 bits per heavy atom. The average Bonchev–Trinajstić information content (AvgIpc) is 3.71. The van der Waals surface area contributed by atoms with E-state index in [2.05, 4.69) is 32.7 Å². The lowest BCUT2D eigenvalue weighted by atomic mass is 10.1. The summed E-state index contributed by atoms with van der Waals surface area (Å²) in [6, 6.07) is 4.41. The van der Waals surface area contributed by atoms with Crippen LogP contribution in [-0.2, 0) is 20.8 Å². The van der Waals surface area contributed by atoms with Gasteiger partial charge in [0.15, 0.2) is 12.5 Å². The van der Waals surface area contributed by atoms with E-state index in [0.717, 1.165) is 78.8 Å². The van der Waals surface area contributed by atoms with Crippen LogP contribution in [0.4, 0.5) is 5.69 Å². The number of nitrogens with one attached hydrogen (secondary N) is 1. The van der Waals surface area contributed by atoms with Crippen LogP contribution < -0.4 is 10.2 Å². The molecule has 11 heteroatoms. The van der Waals surface area contributed by atoms with Gasteiger partial charge >= 0.3 is 0 Å². The fourth-order valence-corrected chi connectivity index (χ4v) is 5.57. The normalized spacial score (nSPS) is 23.3. The first-order valence-electron chi connectivity index (χ1n) is 13.2. The first-order chi connectivity index (χ1) is 18.7. The fourth-order valence-electron chi connectivity index (χ4n) is 5.57. The summed E-state index contributed by atoms with van der Waals surface area (Å²) in [6.07, 6.45) is 15.6. The number of anilines is 1. The maximum Gasteiger partial charge on any atom is 0.151 e. The van der Waals surface area contributed by atoms with E-state index in [0.29, 0.717) is 25.3 Å². The molecule has 0 bridgehead atoms. The predicted octanol–water partition coefficient (Wildman–Crippen LogP) is 2.56. The minimum atomic E-state index is -0.0496. The van der Waals surface area contributed by atoms with Crippen LogP contribution in [0.3, 0.4) is 0 Å². The molecule has 38 heavy (non-hydrogen) atoms. The van der Waals surface area contributed by atoms with Gasteiger partial charge in [0.25, 0.3) is 0 Å². The third kappa shape index (κ3) is 4.27. The highest BCUT2D eigenvalue weighted by Gasteiger charge is 2.25. The number of allylic oxidation sites excluding steroid dienone is 3. The van der Waals surface area contributed by atoms with Gasteiger partial charge in [0, 0.05) is 54.3 Å². The number of aromatic nitrogens is 5. The molecule has 11 nitrogen and oxygen atoms in total. The van der Waals surface area contributed by atoms with Crippen LogP contribution in [0, 0.1) is 0 Å². The highest BCUT2D eigenvalue weighted by molar-refractivity contribution is 5.96. The second-order valence-corrected chi connectivity index (χ2v) is 10.0. The van der Waals surface area contributed by atoms with E-state index in [-0.39, 0.29) is 12.4 Å². The summed E-state index contributed by atoms with van der Waals surface area (Å²) in [7, 11) is 0. The maximum atomic E-state index is 11.1. The van der Waals surface area contributed by atoms with Crippen LogP contribution in [0.15, 0.2) is 60.3 Å². The Bertz CT molecular complexity index is 1440. The third-order valence-corrected chi connectivity index (χ3v) is 7.52. The minimum absolute atomic E-state index is 0.00867. The van der Waals surface area contributed by atoms with Crippen molar-refractivity contribution in [3.63, 3.8) is 0 Å². The first kappa shape index (κ1) is 23.2. The third-order valence-electron chi connectivity index (χ3n) is 7.52. The van der Waals surface area contributed by atoms with E-state index in [4.69, 9.17) is 14.6 Å². The molecule has 6 heterocycles. The van der Waals surface area contributed by atoms with E-state index in [9.17, 15) is 4.79 Å². The molecule has 1 aromatic carbocycles. The zero-order valence-corrected chi connectivity index (χ0v) is 21.1. The van der Waals surface area contributed by atoms with Crippen LogP contribution >= 0.6 is 0 Å². The Labute approximate surface area is 220 Å². The second kappa shape index (κ2) is 9.73. The summed E-state index contributed by atoms with van der Waals surface area (Å²) in [5, 5.41) is 18.3. The largest absolute Gasteiger partial charge is 0.378 e. The number of nitrogens with zero attached hydrogens (tertiary/aromatic N) is 7. The SMILES string of the molecule is O=CC1=CN2C=C(Cn3cc(-c4cc(N5CCOCC5)cc5c4cnn5C4CCCCO4)nn3)NC2C=C1. The molecule has 2 saturated heterocycles. The molecule has 0 spiro atoms. The van der Waals surface area contributed by atoms with Crippen molar-refractivity contribution in [3.05, 3.63) is 60.3 Å². The number of ether oxygens (including phenoxy) is 2. The summed E-state index contributed by atoms with van der Waals surface area (Å²) in [4.78, 5) is 15.5. The molecule has 2 fully saturated rings. The van der Waals surface area contributed by atoms with Crippen LogP contribution in [0.5, 0.6) is 0 Å². The number of benzene rings is 1. The van der Waals surface area contributed by atoms with Gasteiger partial charge in [0.1, 0.15) is 11.9 Å². The van der Waals surface area contributed by atoms with Crippen molar-refractivity contribution < 1.29 is 14.3 Å². The van der Waals surface area contributed by atoms with Gasteiger partial charge in [-0.3, -0.25) is 4.79 Å². The summed E-state index contributed by atoms with van der Waals surface area (Å²) in [6.45, 7) is 4.43. The number of carbonyl (C=O) groups excluding carboxylic acids is 1. The van der Waals surface area contributed by atoms with Crippen molar-refractivity contribution in [1.82, 2.24) is 35.0 Å². The quantitative estimate of drug-likeness (QED) is 0.497. The van der Waals surface area contributed by atoms with Crippen molar-refractivity contribution in [2.75, 3.05) is 37.8 Å². The summed E-state index contributed by atoms with van der Waals surface area (Å²) < 4.78 is 15.5. The summed E-state index contributed by atoms with van der Waals surface area (Å²) in [5.74, 6) is 0. The number of hydrogen-bond donors (Lipinski definition) is 1. The molecule has 0 saturated carbocycles. The van der Waals surface area contributed by atoms with Crippen molar-refractivity contribution in [1.29, 1.82) is 0 Å². The molecular formula is C27H30N8O3. The molecular weight excluding hydrogens is 484 g/mol. The highest BCUT2D eigenvalue weighted by Crippen LogP contribution is 2.35. The predicted molar refractivity (Wildman–Crippen MR) is 141 cm³/mol. The van der Waals surface area contributed by atoms with E-state index in [1.165, 1.54) is 0 Å². The van der Waals surface area contributed by atoms with E-state index >= 15 is 0 Å². The van der Waals surface area contributed by atoms with Gasteiger partial charge < -0.3 is 24.6 Å². The summed E-state index contributed by atoms with van der Waals surface area (Å²) in [5.41, 5.74) is 5.62. The van der Waals surface area contributed by atoms with E-state index in [1.807, 2.05) is 51.2 Å². The lowest BCUT2D eigenvalue weighted by Gasteiger charge is -2.29. The number of hydrogen-bond acceptors (Lipinski definition) is 9. The second-order valence-electron chi connectivity index (χ2n) is 10.0. The molecule has 0 aliphatic carbocycles. The van der Waals surface area contributed by atoms with Gasteiger partial charge in [-0.2, -0.15) is 5.10 Å². The zero-order valence-electron chi connectivity index (χ0n) is 21.1. The van der Waals surface area contributed by atoms with Crippen LogP contribution in [0.2, 0.25) is 0 Å². The standard InChI is InChI=1S/C27H30N8O3/c36-18-19-4-5-26-29-20(15-33(26)14-19)16-34-17-24(30-31-34)22-11-21(32-6-9-37-10-7-32)12-25-23(22)13-28-35(25)27-3-1-2-8-38-27/h4-5,11-15,17-18,26-27,29H,1-3,6-10,16H2. The molecule has 4 aliphatic heterocycles. The van der Waals surface area contributed by atoms with Crippen molar-refractivity contribution in [2.45, 2.75) is 38.2 Å². The van der Waals surface area contributed by atoms with Crippen molar-refractivity contribution in [3.8, 4) is 11.3 Å². The molecule has 0 radical (unpaired) electrons. The van der Waals surface area contributed by atoms with Crippen LogP contribution in [-0.4, -0.2) is 75.0 Å². The van der Waals surface area contributed by atoms with Gasteiger partial charge in [0.05, 0.1) is 43.4 Å². The van der Waals surface area contributed by atoms with Gasteiger partial charge in [-0.05, 0) is 37.5 Å². The Morgan fingerprint density at radius 3 is 2.89 bits per heavy atom. The molecule has 196 valence electrons. The van der Waals surface area contributed by atoms with Crippen LogP contribution in [0.1, 0.15) is 25.5 Å². The molecule has 2 aromatic heterocycles. The summed E-state index contributed by atoms with van der Waals surface area (Å²) >= 11 is 0. The maximum absolute atomic E-state index is 11.1. The molecule has 2 unspecified atom stereocenters. The molecule has 3 aromatic rings. The molecule has 1 N–H and O–H groups in total. The fraction of sp³-hybridized carbons (Fsp3) is 0.407. The Balaban J connectivity index is 1.21. The Kier molecular flexibility index (Phi) is 5.94. The Morgan fingerprint density at radius 1 is 1.13 bits per heavy atom. The zero-order chi connectivity index (χ0) is 25.5. The first-order valence-corrected chi connectivity index (χ1v) is 13.2. The number of morpholine rings is 1. The molecule has 7 rings (SSSR count). The van der Waals surface area contributed by atoms with Gasteiger partial charge in [-0.15, -0.1) is 5.10 Å².